The molecule has 2 aromatic rings. The van der Waals surface area contributed by atoms with Crippen molar-refractivity contribution < 1.29 is 18.8 Å². The number of nitrogens with zero attached hydrogens (tertiary/aromatic N) is 4. The molecule has 1 N–H and O–H groups in total. The Bertz CT molecular complexity index is 1020. The number of nitrogens with one attached hydrogen (secondary N) is 1. The van der Waals surface area contributed by atoms with Crippen LogP contribution in [-0.4, -0.2) is 61.9 Å². The Labute approximate surface area is 171 Å². The summed E-state index contributed by atoms with van der Waals surface area (Å²) in [7, 11) is 0. The van der Waals surface area contributed by atoms with Crippen molar-refractivity contribution in [2.45, 2.75) is 32.1 Å². The van der Waals surface area contributed by atoms with Crippen molar-refractivity contribution in [1.82, 2.24) is 24.6 Å². The highest BCUT2D eigenvalue weighted by atomic mass is 19.1. The van der Waals surface area contributed by atoms with Gasteiger partial charge in [0.2, 0.25) is 17.7 Å². The number of aromatic nitrogens is 3. The number of hydrogen-bond acceptors (Lipinski definition) is 5. The van der Waals surface area contributed by atoms with E-state index in [2.05, 4.69) is 10.2 Å². The lowest BCUT2D eigenvalue weighted by atomic mass is 9.93. The van der Waals surface area contributed by atoms with Crippen molar-refractivity contribution in [3.05, 3.63) is 46.4 Å². The third-order valence-electron chi connectivity index (χ3n) is 5.72. The Balaban J connectivity index is 1.38. The van der Waals surface area contributed by atoms with Gasteiger partial charge >= 0.3 is 5.69 Å². The van der Waals surface area contributed by atoms with Gasteiger partial charge in [0.25, 0.3) is 0 Å². The number of imide groups is 1. The van der Waals surface area contributed by atoms with Crippen LogP contribution in [0.4, 0.5) is 4.39 Å². The second-order valence-electron chi connectivity index (χ2n) is 7.63. The van der Waals surface area contributed by atoms with Gasteiger partial charge in [-0.25, -0.2) is 18.9 Å². The summed E-state index contributed by atoms with van der Waals surface area (Å²) in [5, 5.41) is 6.45. The Morgan fingerprint density at radius 1 is 1.10 bits per heavy atom. The summed E-state index contributed by atoms with van der Waals surface area (Å²) >= 11 is 0. The topological polar surface area (TPSA) is 108 Å². The lowest BCUT2D eigenvalue weighted by Gasteiger charge is -2.32. The van der Waals surface area contributed by atoms with Gasteiger partial charge in [0.05, 0.1) is 5.69 Å². The van der Waals surface area contributed by atoms with Gasteiger partial charge < -0.3 is 4.90 Å². The quantitative estimate of drug-likeness (QED) is 0.721. The van der Waals surface area contributed by atoms with Gasteiger partial charge in [-0.1, -0.05) is 12.1 Å². The predicted octanol–water partition coefficient (Wildman–Crippen LogP) is 0.630. The fourth-order valence-corrected chi connectivity index (χ4v) is 4.03. The summed E-state index contributed by atoms with van der Waals surface area (Å²) in [6.45, 7) is 0.788. The number of halogens is 1. The van der Waals surface area contributed by atoms with Crippen LogP contribution < -0.4 is 5.69 Å². The molecular weight excluding hydrogens is 393 g/mol. The van der Waals surface area contributed by atoms with E-state index in [4.69, 9.17) is 0 Å². The largest absolute Gasteiger partial charge is 0.348 e. The number of para-hydroxylation sites is 1. The van der Waals surface area contributed by atoms with Gasteiger partial charge in [-0.2, -0.15) is 5.10 Å². The van der Waals surface area contributed by atoms with Crippen LogP contribution >= 0.6 is 0 Å². The average Bonchev–Trinajstić information content (AvgIpc) is 3.25. The van der Waals surface area contributed by atoms with E-state index in [0.29, 0.717) is 38.2 Å². The molecule has 2 saturated heterocycles. The first-order chi connectivity index (χ1) is 14.4. The normalized spacial score (nSPS) is 17.8. The fraction of sp³-hybridized carbons (Fsp3) is 0.450. The van der Waals surface area contributed by atoms with Gasteiger partial charge in [0.1, 0.15) is 18.2 Å². The van der Waals surface area contributed by atoms with Gasteiger partial charge in [-0.05, 0) is 30.9 Å². The first-order valence-electron chi connectivity index (χ1n) is 9.96. The summed E-state index contributed by atoms with van der Waals surface area (Å²) in [5.74, 6) is -0.720. The maximum Gasteiger partial charge on any atom is 0.348 e. The van der Waals surface area contributed by atoms with E-state index in [1.54, 1.807) is 17.0 Å². The minimum absolute atomic E-state index is 0.152. The van der Waals surface area contributed by atoms with Gasteiger partial charge in [0.15, 0.2) is 0 Å². The molecule has 2 aliphatic rings. The van der Waals surface area contributed by atoms with Crippen molar-refractivity contribution in [3.8, 4) is 5.69 Å². The monoisotopic (exact) mass is 415 g/mol. The number of H-pyrrole nitrogens is 1. The minimum atomic E-state index is -0.506. The molecule has 0 bridgehead atoms. The van der Waals surface area contributed by atoms with Crippen LogP contribution in [0, 0.1) is 11.7 Å². The maximum atomic E-state index is 14.2. The van der Waals surface area contributed by atoms with E-state index in [1.165, 1.54) is 16.7 Å². The summed E-state index contributed by atoms with van der Waals surface area (Å²) in [6, 6.07) is 6.03. The standard InChI is InChI=1S/C20H22FN5O4/c21-14-3-1-2-4-15(14)26-16(22-23-20(26)30)11-13-7-9-24(10-8-13)19(29)12-25-17(27)5-6-18(25)28/h1-4,13H,5-12H2,(H,23,30). The molecule has 9 nitrogen and oxygen atoms in total. The number of carbonyl (C=O) groups excluding carboxylic acids is 3. The molecule has 0 aliphatic carbocycles. The van der Waals surface area contributed by atoms with Crippen LogP contribution in [0.2, 0.25) is 0 Å². The number of carbonyl (C=O) groups is 3. The summed E-state index contributed by atoms with van der Waals surface area (Å²) < 4.78 is 15.4. The lowest BCUT2D eigenvalue weighted by Crippen LogP contribution is -2.45. The van der Waals surface area contributed by atoms with Gasteiger partial charge in [-0.3, -0.25) is 19.3 Å². The molecule has 4 rings (SSSR count). The van der Waals surface area contributed by atoms with Crippen molar-refractivity contribution in [2.24, 2.45) is 5.92 Å². The van der Waals surface area contributed by atoms with Crippen molar-refractivity contribution in [2.75, 3.05) is 19.6 Å². The number of piperidine rings is 1. The molecule has 0 saturated carbocycles. The highest BCUT2D eigenvalue weighted by Crippen LogP contribution is 2.23. The Morgan fingerprint density at radius 2 is 1.77 bits per heavy atom. The van der Waals surface area contributed by atoms with Gasteiger partial charge in [0, 0.05) is 32.4 Å². The molecule has 1 aromatic heterocycles. The van der Waals surface area contributed by atoms with E-state index in [0.717, 1.165) is 4.90 Å². The number of aromatic amines is 1. The molecule has 3 heterocycles. The molecule has 158 valence electrons. The van der Waals surface area contributed by atoms with E-state index in [9.17, 15) is 23.6 Å². The second-order valence-corrected chi connectivity index (χ2v) is 7.63. The molecule has 2 fully saturated rings. The second kappa shape index (κ2) is 8.21. The highest BCUT2D eigenvalue weighted by molar-refractivity contribution is 6.04. The van der Waals surface area contributed by atoms with Gasteiger partial charge in [-0.15, -0.1) is 0 Å². The third-order valence-corrected chi connectivity index (χ3v) is 5.72. The fourth-order valence-electron chi connectivity index (χ4n) is 4.03. The van der Waals surface area contributed by atoms with E-state index >= 15 is 0 Å². The van der Waals surface area contributed by atoms with E-state index in [1.807, 2.05) is 0 Å². The molecule has 0 atom stereocenters. The van der Waals surface area contributed by atoms with E-state index in [-0.39, 0.29) is 48.7 Å². The SMILES string of the molecule is O=C(CN1C(=O)CCC1=O)N1CCC(Cc2n[nH]c(=O)n2-c2ccccc2F)CC1. The zero-order valence-corrected chi connectivity index (χ0v) is 16.3. The summed E-state index contributed by atoms with van der Waals surface area (Å²) in [4.78, 5) is 50.7. The molecule has 3 amide bonds. The van der Waals surface area contributed by atoms with Crippen molar-refractivity contribution in [3.63, 3.8) is 0 Å². The number of benzene rings is 1. The molecule has 30 heavy (non-hydrogen) atoms. The van der Waals surface area contributed by atoms with Crippen molar-refractivity contribution >= 4 is 17.7 Å². The average molecular weight is 415 g/mol. The van der Waals surface area contributed by atoms with Crippen LogP contribution in [0.3, 0.4) is 0 Å². The number of likely N-dealkylation sites (tertiary alicyclic amines) is 2. The molecule has 0 radical (unpaired) electrons. The Morgan fingerprint density at radius 3 is 2.43 bits per heavy atom. The predicted molar refractivity (Wildman–Crippen MR) is 103 cm³/mol. The first-order valence-corrected chi connectivity index (χ1v) is 9.96. The number of hydrogen-bond donors (Lipinski definition) is 1. The smallest absolute Gasteiger partial charge is 0.341 e. The zero-order valence-electron chi connectivity index (χ0n) is 16.3. The molecular formula is C20H22FN5O4. The Kier molecular flexibility index (Phi) is 5.47. The molecule has 10 heteroatoms. The Hall–Kier alpha value is -3.30. The van der Waals surface area contributed by atoms with Crippen LogP contribution in [0.15, 0.2) is 29.1 Å². The highest BCUT2D eigenvalue weighted by Gasteiger charge is 2.33. The lowest BCUT2D eigenvalue weighted by molar-refractivity contribution is -0.146. The van der Waals surface area contributed by atoms with Crippen molar-refractivity contribution in [1.29, 1.82) is 0 Å². The van der Waals surface area contributed by atoms with Crippen LogP contribution in [-0.2, 0) is 20.8 Å². The molecule has 2 aliphatic heterocycles. The third kappa shape index (κ3) is 3.89. The summed E-state index contributed by atoms with van der Waals surface area (Å²) in [6.07, 6.45) is 2.18. The first kappa shape index (κ1) is 20.0. The maximum absolute atomic E-state index is 14.2. The minimum Gasteiger partial charge on any atom is -0.341 e. The van der Waals surface area contributed by atoms with Crippen LogP contribution in [0.1, 0.15) is 31.5 Å². The van der Waals surface area contributed by atoms with Crippen LogP contribution in [0.5, 0.6) is 0 Å². The number of rotatable bonds is 5. The number of amides is 3. The summed E-state index contributed by atoms with van der Waals surface area (Å²) in [5.41, 5.74) is -0.346. The van der Waals surface area contributed by atoms with E-state index < -0.39 is 11.5 Å². The van der Waals surface area contributed by atoms with Crippen LogP contribution in [0.25, 0.3) is 5.69 Å². The molecule has 0 unspecified atom stereocenters. The molecule has 0 spiro atoms. The zero-order chi connectivity index (χ0) is 21.3. The molecule has 1 aromatic carbocycles.